The van der Waals surface area contributed by atoms with Gasteiger partial charge >= 0.3 is 0 Å². The summed E-state index contributed by atoms with van der Waals surface area (Å²) in [6, 6.07) is 7.58. The molecule has 150 valence electrons. The zero-order valence-electron chi connectivity index (χ0n) is 17.0. The van der Waals surface area contributed by atoms with Crippen LogP contribution < -0.4 is 0 Å². The first-order chi connectivity index (χ1) is 13.4. The number of carbonyl (C=O) groups is 3. The van der Waals surface area contributed by atoms with E-state index in [4.69, 9.17) is 0 Å². The SMILES string of the molecule is CC(=O)N1CCC2(CC1)C(C(=O)N1CCC1)c1ccccc1C(=O)N2C(C)C. The maximum Gasteiger partial charge on any atom is 0.254 e. The highest BCUT2D eigenvalue weighted by Crippen LogP contribution is 2.49. The Morgan fingerprint density at radius 3 is 2.21 bits per heavy atom. The molecule has 0 aliphatic carbocycles. The molecule has 28 heavy (non-hydrogen) atoms. The van der Waals surface area contributed by atoms with Gasteiger partial charge in [0.1, 0.15) is 0 Å². The molecule has 1 atom stereocenters. The van der Waals surface area contributed by atoms with Crippen molar-refractivity contribution in [1.82, 2.24) is 14.7 Å². The van der Waals surface area contributed by atoms with Gasteiger partial charge in [0.15, 0.2) is 0 Å². The Morgan fingerprint density at radius 2 is 1.68 bits per heavy atom. The van der Waals surface area contributed by atoms with Crippen LogP contribution in [0.1, 0.15) is 61.9 Å². The van der Waals surface area contributed by atoms with Gasteiger partial charge in [0.2, 0.25) is 11.8 Å². The molecule has 6 heteroatoms. The summed E-state index contributed by atoms with van der Waals surface area (Å²) in [5.41, 5.74) is 0.936. The van der Waals surface area contributed by atoms with Crippen LogP contribution in [-0.4, -0.2) is 70.2 Å². The van der Waals surface area contributed by atoms with Crippen LogP contribution in [0.15, 0.2) is 24.3 Å². The van der Waals surface area contributed by atoms with Crippen LogP contribution >= 0.6 is 0 Å². The third kappa shape index (κ3) is 2.73. The predicted molar refractivity (Wildman–Crippen MR) is 106 cm³/mol. The molecule has 3 heterocycles. The largest absolute Gasteiger partial charge is 0.343 e. The number of hydrogen-bond acceptors (Lipinski definition) is 3. The molecule has 0 bridgehead atoms. The van der Waals surface area contributed by atoms with Crippen molar-refractivity contribution in [3.8, 4) is 0 Å². The summed E-state index contributed by atoms with van der Waals surface area (Å²) in [4.78, 5) is 44.7. The Balaban J connectivity index is 1.84. The number of benzene rings is 1. The van der Waals surface area contributed by atoms with Gasteiger partial charge in [-0.15, -0.1) is 0 Å². The van der Waals surface area contributed by atoms with E-state index in [1.54, 1.807) is 6.92 Å². The number of fused-ring (bicyclic) bond motifs is 1. The zero-order chi connectivity index (χ0) is 20.1. The fourth-order valence-corrected chi connectivity index (χ4v) is 5.27. The standard InChI is InChI=1S/C22H29N3O3/c1-15(2)25-20(27)18-8-5-4-7-17(18)19(21(28)24-11-6-12-24)22(25)9-13-23(14-10-22)16(3)26/h4-5,7-8,15,19H,6,9-14H2,1-3H3. The van der Waals surface area contributed by atoms with E-state index in [0.29, 0.717) is 31.5 Å². The van der Waals surface area contributed by atoms with Crippen molar-refractivity contribution in [2.45, 2.75) is 57.5 Å². The monoisotopic (exact) mass is 383 g/mol. The summed E-state index contributed by atoms with van der Waals surface area (Å²) in [6.07, 6.45) is 2.31. The second-order valence-electron chi connectivity index (χ2n) is 8.58. The van der Waals surface area contributed by atoms with E-state index in [1.165, 1.54) is 0 Å². The van der Waals surface area contributed by atoms with Crippen LogP contribution in [0.25, 0.3) is 0 Å². The molecule has 1 aromatic carbocycles. The van der Waals surface area contributed by atoms with Gasteiger partial charge in [0.05, 0.1) is 11.5 Å². The molecule has 0 N–H and O–H groups in total. The topological polar surface area (TPSA) is 60.9 Å². The van der Waals surface area contributed by atoms with Crippen molar-refractivity contribution in [3.63, 3.8) is 0 Å². The Labute approximate surface area is 166 Å². The molecule has 2 fully saturated rings. The number of nitrogens with zero attached hydrogens (tertiary/aromatic N) is 3. The van der Waals surface area contributed by atoms with Crippen molar-refractivity contribution in [1.29, 1.82) is 0 Å². The van der Waals surface area contributed by atoms with Gasteiger partial charge in [-0.25, -0.2) is 0 Å². The fourth-order valence-electron chi connectivity index (χ4n) is 5.27. The normalized spacial score (nSPS) is 23.6. The van der Waals surface area contributed by atoms with Gasteiger partial charge < -0.3 is 14.7 Å². The van der Waals surface area contributed by atoms with Gasteiger partial charge in [0.25, 0.3) is 5.91 Å². The summed E-state index contributed by atoms with van der Waals surface area (Å²) >= 11 is 0. The minimum atomic E-state index is -0.571. The van der Waals surface area contributed by atoms with Crippen molar-refractivity contribution < 1.29 is 14.4 Å². The number of amides is 3. The summed E-state index contributed by atoms with van der Waals surface area (Å²) < 4.78 is 0. The molecule has 6 nitrogen and oxygen atoms in total. The molecule has 1 unspecified atom stereocenters. The maximum absolute atomic E-state index is 13.6. The van der Waals surface area contributed by atoms with Crippen LogP contribution in [0.2, 0.25) is 0 Å². The van der Waals surface area contributed by atoms with Gasteiger partial charge in [-0.3, -0.25) is 14.4 Å². The van der Waals surface area contributed by atoms with Crippen molar-refractivity contribution >= 4 is 17.7 Å². The van der Waals surface area contributed by atoms with Gasteiger partial charge in [-0.05, 0) is 44.7 Å². The molecule has 4 rings (SSSR count). The number of rotatable bonds is 2. The molecule has 0 aromatic heterocycles. The lowest BCUT2D eigenvalue weighted by atomic mass is 9.66. The van der Waals surface area contributed by atoms with Gasteiger partial charge in [0, 0.05) is 44.7 Å². The quantitative estimate of drug-likeness (QED) is 0.787. The first-order valence-electron chi connectivity index (χ1n) is 10.3. The number of hydrogen-bond donors (Lipinski definition) is 0. The van der Waals surface area contributed by atoms with E-state index in [2.05, 4.69) is 0 Å². The average Bonchev–Trinajstić information content (AvgIpc) is 2.60. The first-order valence-corrected chi connectivity index (χ1v) is 10.3. The molecule has 3 amide bonds. The molecular weight excluding hydrogens is 354 g/mol. The average molecular weight is 383 g/mol. The van der Waals surface area contributed by atoms with Crippen LogP contribution in [-0.2, 0) is 9.59 Å². The Morgan fingerprint density at radius 1 is 1.04 bits per heavy atom. The summed E-state index contributed by atoms with van der Waals surface area (Å²) in [5, 5.41) is 0. The highest BCUT2D eigenvalue weighted by molar-refractivity contribution is 6.02. The van der Waals surface area contributed by atoms with E-state index in [-0.39, 0.29) is 29.7 Å². The van der Waals surface area contributed by atoms with Crippen molar-refractivity contribution in [3.05, 3.63) is 35.4 Å². The lowest BCUT2D eigenvalue weighted by Crippen LogP contribution is -2.67. The summed E-state index contributed by atoms with van der Waals surface area (Å²) in [7, 11) is 0. The number of piperidine rings is 1. The third-order valence-electron chi connectivity index (χ3n) is 6.74. The van der Waals surface area contributed by atoms with Gasteiger partial charge in [-0.1, -0.05) is 18.2 Å². The summed E-state index contributed by atoms with van der Waals surface area (Å²) in [5.74, 6) is -0.167. The molecular formula is C22H29N3O3. The van der Waals surface area contributed by atoms with Crippen LogP contribution in [0.3, 0.4) is 0 Å². The molecule has 3 aliphatic rings. The van der Waals surface area contributed by atoms with Crippen LogP contribution in [0.4, 0.5) is 0 Å². The molecule has 1 spiro atoms. The highest BCUT2D eigenvalue weighted by atomic mass is 16.2. The number of carbonyl (C=O) groups excluding carboxylic acids is 3. The smallest absolute Gasteiger partial charge is 0.254 e. The molecule has 1 aromatic rings. The minimum absolute atomic E-state index is 0.00883. The van der Waals surface area contributed by atoms with Crippen molar-refractivity contribution in [2.75, 3.05) is 26.2 Å². The molecule has 3 aliphatic heterocycles. The maximum atomic E-state index is 13.6. The molecule has 2 saturated heterocycles. The number of likely N-dealkylation sites (tertiary alicyclic amines) is 2. The highest BCUT2D eigenvalue weighted by Gasteiger charge is 2.57. The second kappa shape index (κ2) is 6.90. The molecule has 0 radical (unpaired) electrons. The Bertz CT molecular complexity index is 807. The van der Waals surface area contributed by atoms with E-state index in [9.17, 15) is 14.4 Å². The van der Waals surface area contributed by atoms with E-state index >= 15 is 0 Å². The summed E-state index contributed by atoms with van der Waals surface area (Å²) in [6.45, 7) is 8.38. The van der Waals surface area contributed by atoms with Crippen molar-refractivity contribution in [2.24, 2.45) is 0 Å². The lowest BCUT2D eigenvalue weighted by molar-refractivity contribution is -0.143. The Kier molecular flexibility index (Phi) is 4.68. The van der Waals surface area contributed by atoms with E-state index in [1.807, 2.05) is 52.8 Å². The second-order valence-corrected chi connectivity index (χ2v) is 8.58. The zero-order valence-corrected chi connectivity index (χ0v) is 17.0. The fraction of sp³-hybridized carbons (Fsp3) is 0.591. The molecule has 0 saturated carbocycles. The van der Waals surface area contributed by atoms with Gasteiger partial charge in [-0.2, -0.15) is 0 Å². The first kappa shape index (κ1) is 19.0. The third-order valence-corrected chi connectivity index (χ3v) is 6.74. The van der Waals surface area contributed by atoms with E-state index < -0.39 is 5.54 Å². The van der Waals surface area contributed by atoms with Crippen LogP contribution in [0.5, 0.6) is 0 Å². The lowest BCUT2D eigenvalue weighted by Gasteiger charge is -2.57. The Hall–Kier alpha value is -2.37. The van der Waals surface area contributed by atoms with E-state index in [0.717, 1.165) is 25.1 Å². The van der Waals surface area contributed by atoms with Crippen LogP contribution in [0, 0.1) is 0 Å². The predicted octanol–water partition coefficient (Wildman–Crippen LogP) is 2.25. The minimum Gasteiger partial charge on any atom is -0.343 e.